The Balaban J connectivity index is 1.86. The van der Waals surface area contributed by atoms with Crippen molar-refractivity contribution in [3.05, 3.63) is 33.8 Å². The monoisotopic (exact) mass is 311 g/mol. The van der Waals surface area contributed by atoms with Crippen LogP contribution in [0, 0.1) is 0 Å². The van der Waals surface area contributed by atoms with E-state index >= 15 is 0 Å². The van der Waals surface area contributed by atoms with Crippen LogP contribution in [0.5, 0.6) is 0 Å². The van der Waals surface area contributed by atoms with Gasteiger partial charge in [0.2, 0.25) is 0 Å². The summed E-state index contributed by atoms with van der Waals surface area (Å²) in [4.78, 5) is 0.318. The predicted molar refractivity (Wildman–Crippen MR) is 78.6 cm³/mol. The minimum atomic E-state index is 0.318. The normalized spacial score (nSPS) is 32.5. The maximum Gasteiger partial charge on any atom is 0.0691 e. The highest BCUT2D eigenvalue weighted by molar-refractivity contribution is 9.10. The minimum Gasteiger partial charge on any atom is -0.302 e. The van der Waals surface area contributed by atoms with Crippen molar-refractivity contribution >= 4 is 27.7 Å². The molecule has 2 aliphatic rings. The Morgan fingerprint density at radius 1 is 1.41 bits per heavy atom. The molecular formula is C14H18BrNS. The van der Waals surface area contributed by atoms with Crippen LogP contribution in [0.1, 0.15) is 30.9 Å². The Labute approximate surface area is 116 Å². The Morgan fingerprint density at radius 3 is 3.12 bits per heavy atom. The van der Waals surface area contributed by atoms with Crippen molar-refractivity contribution in [1.29, 1.82) is 0 Å². The van der Waals surface area contributed by atoms with E-state index in [9.17, 15) is 0 Å². The zero-order chi connectivity index (χ0) is 11.9. The highest BCUT2D eigenvalue weighted by Crippen LogP contribution is 2.42. The fourth-order valence-corrected chi connectivity index (χ4v) is 5.03. The average Bonchev–Trinajstić information content (AvgIpc) is 2.30. The summed E-state index contributed by atoms with van der Waals surface area (Å²) in [5.74, 6) is 0. The number of hydrogen-bond acceptors (Lipinski definition) is 2. The first-order chi connectivity index (χ1) is 8.17. The number of halogens is 1. The summed E-state index contributed by atoms with van der Waals surface area (Å²) < 4.78 is 1.21. The van der Waals surface area contributed by atoms with E-state index in [1.807, 2.05) is 0 Å². The van der Waals surface area contributed by atoms with Crippen molar-refractivity contribution < 1.29 is 0 Å². The fraction of sp³-hybridized carbons (Fsp3) is 0.571. The zero-order valence-electron chi connectivity index (χ0n) is 10.1. The molecule has 1 aromatic rings. The van der Waals surface area contributed by atoms with E-state index in [4.69, 9.17) is 0 Å². The van der Waals surface area contributed by atoms with Crippen molar-refractivity contribution in [3.8, 4) is 0 Å². The number of thioether (sulfide) groups is 1. The number of aryl methyl sites for hydroxylation is 1. The van der Waals surface area contributed by atoms with Crippen LogP contribution in [0.4, 0.5) is 0 Å². The van der Waals surface area contributed by atoms with Crippen LogP contribution in [0.15, 0.2) is 22.7 Å². The molecule has 0 bridgehead atoms. The van der Waals surface area contributed by atoms with Gasteiger partial charge < -0.3 is 5.32 Å². The van der Waals surface area contributed by atoms with Crippen LogP contribution in [-0.2, 0) is 12.8 Å². The SMILES string of the molecule is CC1CCNC2(CCc3cc(Br)ccc3C2)S1. The third-order valence-corrected chi connectivity index (χ3v) is 5.94. The molecule has 0 amide bonds. The molecular weight excluding hydrogens is 294 g/mol. The van der Waals surface area contributed by atoms with E-state index in [0.717, 1.165) is 5.25 Å². The number of benzene rings is 1. The van der Waals surface area contributed by atoms with Gasteiger partial charge in [-0.05, 0) is 49.1 Å². The van der Waals surface area contributed by atoms with Crippen LogP contribution in [0.25, 0.3) is 0 Å². The molecule has 2 atom stereocenters. The number of hydrogen-bond donors (Lipinski definition) is 1. The first kappa shape index (κ1) is 12.1. The van der Waals surface area contributed by atoms with E-state index < -0.39 is 0 Å². The van der Waals surface area contributed by atoms with Gasteiger partial charge in [0.15, 0.2) is 0 Å². The summed E-state index contributed by atoms with van der Waals surface area (Å²) in [7, 11) is 0. The zero-order valence-corrected chi connectivity index (χ0v) is 12.5. The van der Waals surface area contributed by atoms with Gasteiger partial charge in [-0.1, -0.05) is 28.9 Å². The smallest absolute Gasteiger partial charge is 0.0691 e. The van der Waals surface area contributed by atoms with Crippen molar-refractivity contribution in [2.24, 2.45) is 0 Å². The van der Waals surface area contributed by atoms with E-state index in [0.29, 0.717) is 4.87 Å². The van der Waals surface area contributed by atoms with Gasteiger partial charge in [0.05, 0.1) is 4.87 Å². The van der Waals surface area contributed by atoms with E-state index in [2.05, 4.69) is 58.1 Å². The van der Waals surface area contributed by atoms with Gasteiger partial charge >= 0.3 is 0 Å². The van der Waals surface area contributed by atoms with Crippen LogP contribution >= 0.6 is 27.7 Å². The molecule has 17 heavy (non-hydrogen) atoms. The third-order valence-electron chi connectivity index (χ3n) is 3.87. The molecule has 1 N–H and O–H groups in total. The lowest BCUT2D eigenvalue weighted by molar-refractivity contribution is 0.395. The van der Waals surface area contributed by atoms with Crippen LogP contribution in [0.3, 0.4) is 0 Å². The van der Waals surface area contributed by atoms with Gasteiger partial charge in [0.1, 0.15) is 0 Å². The molecule has 0 saturated carbocycles. The summed E-state index contributed by atoms with van der Waals surface area (Å²) in [5.41, 5.74) is 3.07. The molecule has 1 aliphatic carbocycles. The molecule has 2 unspecified atom stereocenters. The maximum atomic E-state index is 3.77. The Bertz CT molecular complexity index is 434. The molecule has 1 nitrogen and oxygen atoms in total. The Hall–Kier alpha value is 0.01000. The van der Waals surface area contributed by atoms with Crippen molar-refractivity contribution in [1.82, 2.24) is 5.32 Å². The third kappa shape index (κ3) is 2.42. The second-order valence-electron chi connectivity index (χ2n) is 5.23. The summed E-state index contributed by atoms with van der Waals surface area (Å²) >= 11 is 5.72. The minimum absolute atomic E-state index is 0.318. The van der Waals surface area contributed by atoms with Crippen LogP contribution in [0.2, 0.25) is 0 Å². The standard InChI is InChI=1S/C14H18BrNS/c1-10-5-7-16-14(17-10)6-4-11-8-13(15)3-2-12(11)9-14/h2-3,8,10,16H,4-7,9H2,1H3. The molecule has 1 spiro atoms. The van der Waals surface area contributed by atoms with Crippen molar-refractivity contribution in [2.45, 2.75) is 42.7 Å². The lowest BCUT2D eigenvalue weighted by Gasteiger charge is -2.43. The summed E-state index contributed by atoms with van der Waals surface area (Å²) in [6, 6.07) is 6.76. The molecule has 1 aromatic carbocycles. The van der Waals surface area contributed by atoms with E-state index in [1.165, 1.54) is 47.8 Å². The van der Waals surface area contributed by atoms with Crippen LogP contribution in [-0.4, -0.2) is 16.7 Å². The van der Waals surface area contributed by atoms with Crippen molar-refractivity contribution in [2.75, 3.05) is 6.54 Å². The number of rotatable bonds is 0. The maximum absolute atomic E-state index is 3.77. The first-order valence-electron chi connectivity index (χ1n) is 6.37. The van der Waals surface area contributed by atoms with Gasteiger partial charge in [-0.2, -0.15) is 0 Å². The molecule has 1 saturated heterocycles. The number of fused-ring (bicyclic) bond motifs is 1. The molecule has 1 heterocycles. The molecule has 1 aliphatic heterocycles. The van der Waals surface area contributed by atoms with Crippen molar-refractivity contribution in [3.63, 3.8) is 0 Å². The molecule has 92 valence electrons. The lowest BCUT2D eigenvalue weighted by atomic mass is 9.87. The predicted octanol–water partition coefficient (Wildman–Crippen LogP) is 3.75. The average molecular weight is 312 g/mol. The highest BCUT2D eigenvalue weighted by Gasteiger charge is 2.38. The Kier molecular flexibility index (Phi) is 3.26. The topological polar surface area (TPSA) is 12.0 Å². The van der Waals surface area contributed by atoms with E-state index in [-0.39, 0.29) is 0 Å². The molecule has 0 radical (unpaired) electrons. The van der Waals surface area contributed by atoms with Crippen LogP contribution < -0.4 is 5.32 Å². The summed E-state index contributed by atoms with van der Waals surface area (Å²) in [6.07, 6.45) is 4.97. The summed E-state index contributed by atoms with van der Waals surface area (Å²) in [5, 5.41) is 4.57. The van der Waals surface area contributed by atoms with Gasteiger partial charge in [-0.25, -0.2) is 0 Å². The van der Waals surface area contributed by atoms with E-state index in [1.54, 1.807) is 0 Å². The largest absolute Gasteiger partial charge is 0.302 e. The van der Waals surface area contributed by atoms with Gasteiger partial charge in [-0.15, -0.1) is 11.8 Å². The van der Waals surface area contributed by atoms with Gasteiger partial charge in [0.25, 0.3) is 0 Å². The molecule has 1 fully saturated rings. The molecule has 3 heteroatoms. The Morgan fingerprint density at radius 2 is 2.29 bits per heavy atom. The highest BCUT2D eigenvalue weighted by atomic mass is 79.9. The first-order valence-corrected chi connectivity index (χ1v) is 8.04. The fourth-order valence-electron chi connectivity index (χ4n) is 2.97. The van der Waals surface area contributed by atoms with Gasteiger partial charge in [0, 0.05) is 16.1 Å². The second-order valence-corrected chi connectivity index (χ2v) is 7.97. The van der Waals surface area contributed by atoms with Gasteiger partial charge in [-0.3, -0.25) is 0 Å². The second kappa shape index (κ2) is 4.60. The lowest BCUT2D eigenvalue weighted by Crippen LogP contribution is -2.51. The molecule has 0 aromatic heterocycles. The molecule has 3 rings (SSSR count). The quantitative estimate of drug-likeness (QED) is 0.783. The summed E-state index contributed by atoms with van der Waals surface area (Å²) in [6.45, 7) is 3.55. The number of nitrogens with one attached hydrogen (secondary N) is 1.